The SMILES string of the molecule is Nc1c2c(cc(=O)n1-c1ccc(N3CCCC3=O)cc1N1CCCC1=O)C(=O)NC2=O. The Kier molecular flexibility index (Phi) is 4.17. The highest BCUT2D eigenvalue weighted by atomic mass is 16.2. The predicted octanol–water partition coefficient (Wildman–Crippen LogP) is 0.557. The number of benzene rings is 1. The molecule has 2 fully saturated rings. The minimum Gasteiger partial charge on any atom is -0.384 e. The normalized spacial score (nSPS) is 18.2. The van der Waals surface area contributed by atoms with Crippen LogP contribution in [-0.4, -0.2) is 41.3 Å². The molecule has 0 spiro atoms. The Labute approximate surface area is 176 Å². The fraction of sp³-hybridized carbons (Fsp3) is 0.286. The van der Waals surface area contributed by atoms with Crippen LogP contribution in [0.15, 0.2) is 29.1 Å². The largest absolute Gasteiger partial charge is 0.384 e. The third-order valence-corrected chi connectivity index (χ3v) is 5.90. The van der Waals surface area contributed by atoms with E-state index in [1.807, 2.05) is 0 Å². The smallest absolute Gasteiger partial charge is 0.262 e. The van der Waals surface area contributed by atoms with Gasteiger partial charge in [0.2, 0.25) is 11.8 Å². The van der Waals surface area contributed by atoms with E-state index in [2.05, 4.69) is 5.32 Å². The van der Waals surface area contributed by atoms with Gasteiger partial charge < -0.3 is 15.5 Å². The molecule has 0 unspecified atom stereocenters. The quantitative estimate of drug-likeness (QED) is 0.695. The van der Waals surface area contributed by atoms with Crippen molar-refractivity contribution in [3.05, 3.63) is 45.7 Å². The van der Waals surface area contributed by atoms with Crippen LogP contribution < -0.4 is 26.4 Å². The molecular formula is C21H19N5O5. The molecule has 10 nitrogen and oxygen atoms in total. The molecule has 3 aliphatic heterocycles. The first kappa shape index (κ1) is 19.0. The van der Waals surface area contributed by atoms with Crippen molar-refractivity contribution in [3.8, 4) is 5.69 Å². The highest BCUT2D eigenvalue weighted by molar-refractivity contribution is 6.23. The second kappa shape index (κ2) is 6.79. The third kappa shape index (κ3) is 2.82. The van der Waals surface area contributed by atoms with Crippen LogP contribution in [0.25, 0.3) is 5.69 Å². The number of nitrogens with one attached hydrogen (secondary N) is 1. The Morgan fingerprint density at radius 1 is 0.806 bits per heavy atom. The number of nitrogen functional groups attached to an aromatic ring is 1. The van der Waals surface area contributed by atoms with Crippen LogP contribution in [0.3, 0.4) is 0 Å². The molecule has 4 heterocycles. The third-order valence-electron chi connectivity index (χ3n) is 5.90. The molecule has 0 atom stereocenters. The lowest BCUT2D eigenvalue weighted by atomic mass is 10.1. The van der Waals surface area contributed by atoms with Gasteiger partial charge in [0.15, 0.2) is 0 Å². The Bertz CT molecular complexity index is 1250. The zero-order valence-electron chi connectivity index (χ0n) is 16.5. The van der Waals surface area contributed by atoms with Gasteiger partial charge in [-0.2, -0.15) is 0 Å². The summed E-state index contributed by atoms with van der Waals surface area (Å²) in [4.78, 5) is 65.0. The van der Waals surface area contributed by atoms with E-state index in [0.29, 0.717) is 49.4 Å². The summed E-state index contributed by atoms with van der Waals surface area (Å²) in [7, 11) is 0. The van der Waals surface area contributed by atoms with Gasteiger partial charge in [0.1, 0.15) is 5.82 Å². The fourth-order valence-corrected chi connectivity index (χ4v) is 4.44. The monoisotopic (exact) mass is 421 g/mol. The molecule has 4 amide bonds. The van der Waals surface area contributed by atoms with Gasteiger partial charge in [-0.1, -0.05) is 0 Å². The molecule has 31 heavy (non-hydrogen) atoms. The van der Waals surface area contributed by atoms with E-state index < -0.39 is 17.4 Å². The number of hydrogen-bond donors (Lipinski definition) is 2. The van der Waals surface area contributed by atoms with Crippen molar-refractivity contribution < 1.29 is 19.2 Å². The molecule has 0 radical (unpaired) electrons. The second-order valence-corrected chi connectivity index (χ2v) is 7.75. The van der Waals surface area contributed by atoms with Gasteiger partial charge in [0.25, 0.3) is 17.4 Å². The standard InChI is InChI=1S/C21H19N5O5/c22-19-18-12(20(30)23-21(18)31)10-17(29)26(19)13-6-5-11(24-7-1-3-15(24)27)9-14(13)25-8-2-4-16(25)28/h5-6,9-10H,1-4,7-8,22H2,(H,23,30,31). The van der Waals surface area contributed by atoms with Crippen molar-refractivity contribution in [2.45, 2.75) is 25.7 Å². The van der Waals surface area contributed by atoms with E-state index in [1.54, 1.807) is 28.0 Å². The Morgan fingerprint density at radius 3 is 2.13 bits per heavy atom. The average molecular weight is 421 g/mol. The molecule has 158 valence electrons. The molecule has 2 aromatic rings. The summed E-state index contributed by atoms with van der Waals surface area (Å²) in [6.07, 6.45) is 2.24. The molecule has 10 heteroatoms. The zero-order chi connectivity index (χ0) is 21.9. The fourth-order valence-electron chi connectivity index (χ4n) is 4.44. The number of aromatic nitrogens is 1. The number of rotatable bonds is 3. The Morgan fingerprint density at radius 2 is 1.48 bits per heavy atom. The summed E-state index contributed by atoms with van der Waals surface area (Å²) < 4.78 is 1.13. The van der Waals surface area contributed by atoms with Crippen molar-refractivity contribution in [2.75, 3.05) is 28.6 Å². The first-order valence-electron chi connectivity index (χ1n) is 10.0. The van der Waals surface area contributed by atoms with Crippen LogP contribution in [0.2, 0.25) is 0 Å². The van der Waals surface area contributed by atoms with E-state index >= 15 is 0 Å². The summed E-state index contributed by atoms with van der Waals surface area (Å²) in [5.41, 5.74) is 6.82. The molecule has 1 aromatic carbocycles. The van der Waals surface area contributed by atoms with E-state index in [-0.39, 0.29) is 28.8 Å². The van der Waals surface area contributed by atoms with Gasteiger partial charge in [-0.25, -0.2) is 0 Å². The molecule has 1 aromatic heterocycles. The average Bonchev–Trinajstić information content (AvgIpc) is 3.42. The van der Waals surface area contributed by atoms with E-state index in [0.717, 1.165) is 17.1 Å². The number of hydrogen-bond acceptors (Lipinski definition) is 6. The van der Waals surface area contributed by atoms with Gasteiger partial charge in [-0.15, -0.1) is 0 Å². The van der Waals surface area contributed by atoms with Gasteiger partial charge >= 0.3 is 0 Å². The lowest BCUT2D eigenvalue weighted by Gasteiger charge is -2.25. The molecule has 5 rings (SSSR count). The van der Waals surface area contributed by atoms with E-state index in [4.69, 9.17) is 5.73 Å². The minimum absolute atomic E-state index is 0.00385. The van der Waals surface area contributed by atoms with Gasteiger partial charge in [-0.3, -0.25) is 33.9 Å². The lowest BCUT2D eigenvalue weighted by molar-refractivity contribution is -0.117. The second-order valence-electron chi connectivity index (χ2n) is 7.75. The summed E-state index contributed by atoms with van der Waals surface area (Å²) in [5.74, 6) is -1.63. The van der Waals surface area contributed by atoms with Crippen LogP contribution in [0.4, 0.5) is 17.2 Å². The Hall–Kier alpha value is -3.95. The zero-order valence-corrected chi connectivity index (χ0v) is 16.5. The van der Waals surface area contributed by atoms with Crippen molar-refractivity contribution in [3.63, 3.8) is 0 Å². The number of nitrogens with two attached hydrogens (primary N) is 1. The number of pyridine rings is 1. The lowest BCUT2D eigenvalue weighted by Crippen LogP contribution is -2.30. The highest BCUT2D eigenvalue weighted by Gasteiger charge is 2.33. The van der Waals surface area contributed by atoms with Gasteiger partial charge in [0, 0.05) is 37.7 Å². The summed E-state index contributed by atoms with van der Waals surface area (Å²) in [6, 6.07) is 6.07. The summed E-state index contributed by atoms with van der Waals surface area (Å²) >= 11 is 0. The first-order chi connectivity index (χ1) is 14.9. The molecular weight excluding hydrogens is 402 g/mol. The van der Waals surface area contributed by atoms with Crippen LogP contribution in [-0.2, 0) is 9.59 Å². The van der Waals surface area contributed by atoms with Crippen molar-refractivity contribution >= 4 is 40.8 Å². The molecule has 0 aliphatic carbocycles. The van der Waals surface area contributed by atoms with E-state index in [9.17, 15) is 24.0 Å². The number of fused-ring (bicyclic) bond motifs is 1. The highest BCUT2D eigenvalue weighted by Crippen LogP contribution is 2.35. The summed E-state index contributed by atoms with van der Waals surface area (Å²) in [5, 5.41) is 2.14. The number of carbonyl (C=O) groups excluding carboxylic acids is 4. The van der Waals surface area contributed by atoms with Gasteiger partial charge in [-0.05, 0) is 31.0 Å². The Balaban J connectivity index is 1.73. The van der Waals surface area contributed by atoms with Gasteiger partial charge in [0.05, 0.1) is 22.5 Å². The predicted molar refractivity (Wildman–Crippen MR) is 111 cm³/mol. The number of nitrogens with zero attached hydrogens (tertiary/aromatic N) is 3. The van der Waals surface area contributed by atoms with Crippen molar-refractivity contribution in [1.29, 1.82) is 0 Å². The first-order valence-corrected chi connectivity index (χ1v) is 10.0. The van der Waals surface area contributed by atoms with E-state index in [1.165, 1.54) is 0 Å². The number of imide groups is 1. The number of amides is 4. The molecule has 3 aliphatic rings. The van der Waals surface area contributed by atoms with Crippen LogP contribution >= 0.6 is 0 Å². The van der Waals surface area contributed by atoms with Crippen LogP contribution in [0.1, 0.15) is 46.4 Å². The maximum Gasteiger partial charge on any atom is 0.262 e. The molecule has 3 N–H and O–H groups in total. The number of anilines is 3. The number of carbonyl (C=O) groups is 4. The maximum absolute atomic E-state index is 12.9. The topological polar surface area (TPSA) is 135 Å². The molecule has 0 saturated carbocycles. The van der Waals surface area contributed by atoms with Crippen LogP contribution in [0, 0.1) is 0 Å². The minimum atomic E-state index is -0.677. The summed E-state index contributed by atoms with van der Waals surface area (Å²) in [6.45, 7) is 1.04. The van der Waals surface area contributed by atoms with Crippen molar-refractivity contribution in [1.82, 2.24) is 9.88 Å². The molecule has 2 saturated heterocycles. The maximum atomic E-state index is 12.9. The molecule has 0 bridgehead atoms. The van der Waals surface area contributed by atoms with Crippen LogP contribution in [0.5, 0.6) is 0 Å². The van der Waals surface area contributed by atoms with Crippen molar-refractivity contribution in [2.24, 2.45) is 0 Å².